The van der Waals surface area contributed by atoms with Crippen LogP contribution in [0.4, 0.5) is 0 Å². The second-order valence-electron chi connectivity index (χ2n) is 6.43. The number of nitrogens with one attached hydrogen (secondary N) is 1. The van der Waals surface area contributed by atoms with Crippen molar-refractivity contribution in [1.29, 1.82) is 0 Å². The molecule has 0 spiro atoms. The summed E-state index contributed by atoms with van der Waals surface area (Å²) in [7, 11) is -3.43. The lowest BCUT2D eigenvalue weighted by atomic mass is 9.98. The Morgan fingerprint density at radius 3 is 2.42 bits per heavy atom. The van der Waals surface area contributed by atoms with Crippen LogP contribution in [0.25, 0.3) is 11.3 Å². The third-order valence-corrected chi connectivity index (χ3v) is 6.58. The predicted molar refractivity (Wildman–Crippen MR) is 104 cm³/mol. The monoisotopic (exact) mass is 399 g/mol. The Kier molecular flexibility index (Phi) is 7.23. The standard InChI is InChI=1S/C18H25N3O3S.ClH/c1-3-19-12-15-8-10-21(11-9-15)25(22,23)17-6-4-16(5-7-17)18-13-24-14(2)20-18;/h4-7,13,15,19H,3,8-12H2,1-2H3;1H. The van der Waals surface area contributed by atoms with Gasteiger partial charge in [-0.15, -0.1) is 12.4 Å². The summed E-state index contributed by atoms with van der Waals surface area (Å²) in [6.07, 6.45) is 3.39. The van der Waals surface area contributed by atoms with Gasteiger partial charge in [0.2, 0.25) is 10.0 Å². The molecular formula is C18H26ClN3O3S. The fourth-order valence-corrected chi connectivity index (χ4v) is 4.61. The van der Waals surface area contributed by atoms with Gasteiger partial charge in [-0.25, -0.2) is 13.4 Å². The van der Waals surface area contributed by atoms with Gasteiger partial charge in [-0.3, -0.25) is 0 Å². The Morgan fingerprint density at radius 1 is 1.23 bits per heavy atom. The average molecular weight is 400 g/mol. The number of hydrogen-bond donors (Lipinski definition) is 1. The Hall–Kier alpha value is -1.41. The fourth-order valence-electron chi connectivity index (χ4n) is 3.14. The Morgan fingerprint density at radius 2 is 1.88 bits per heavy atom. The van der Waals surface area contributed by atoms with Crippen LogP contribution in [0, 0.1) is 12.8 Å². The summed E-state index contributed by atoms with van der Waals surface area (Å²) >= 11 is 0. The van der Waals surface area contributed by atoms with E-state index in [1.807, 2.05) is 0 Å². The van der Waals surface area contributed by atoms with Crippen LogP contribution in [0.5, 0.6) is 0 Å². The van der Waals surface area contributed by atoms with Crippen molar-refractivity contribution in [2.45, 2.75) is 31.6 Å². The zero-order valence-electron chi connectivity index (χ0n) is 15.1. The quantitative estimate of drug-likeness (QED) is 0.807. The highest BCUT2D eigenvalue weighted by Gasteiger charge is 2.29. The van der Waals surface area contributed by atoms with Gasteiger partial charge in [-0.05, 0) is 44.0 Å². The van der Waals surface area contributed by atoms with Gasteiger partial charge < -0.3 is 9.73 Å². The molecule has 0 radical (unpaired) electrons. The fraction of sp³-hybridized carbons (Fsp3) is 0.500. The van der Waals surface area contributed by atoms with Crippen LogP contribution in [0.15, 0.2) is 39.8 Å². The maximum Gasteiger partial charge on any atom is 0.243 e. The molecule has 0 unspecified atom stereocenters. The topological polar surface area (TPSA) is 75.4 Å². The van der Waals surface area contributed by atoms with Gasteiger partial charge in [0.25, 0.3) is 0 Å². The molecule has 144 valence electrons. The number of piperidine rings is 1. The van der Waals surface area contributed by atoms with Crippen molar-refractivity contribution >= 4 is 22.4 Å². The van der Waals surface area contributed by atoms with E-state index < -0.39 is 10.0 Å². The molecule has 0 saturated carbocycles. The summed E-state index contributed by atoms with van der Waals surface area (Å²) in [6, 6.07) is 6.86. The number of oxazole rings is 1. The lowest BCUT2D eigenvalue weighted by Crippen LogP contribution is -2.40. The van der Waals surface area contributed by atoms with Crippen molar-refractivity contribution in [2.24, 2.45) is 5.92 Å². The largest absolute Gasteiger partial charge is 0.449 e. The molecule has 1 aromatic heterocycles. The summed E-state index contributed by atoms with van der Waals surface area (Å²) in [5, 5.41) is 3.35. The summed E-state index contributed by atoms with van der Waals surface area (Å²) < 4.78 is 32.5. The highest BCUT2D eigenvalue weighted by molar-refractivity contribution is 7.89. The first-order chi connectivity index (χ1) is 12.0. The maximum absolute atomic E-state index is 12.8. The van der Waals surface area contributed by atoms with Crippen LogP contribution < -0.4 is 5.32 Å². The van der Waals surface area contributed by atoms with Crippen LogP contribution in [-0.4, -0.2) is 43.9 Å². The Balaban J connectivity index is 0.00000243. The zero-order chi connectivity index (χ0) is 17.9. The van der Waals surface area contributed by atoms with Crippen molar-refractivity contribution in [3.63, 3.8) is 0 Å². The molecule has 0 aliphatic carbocycles. The van der Waals surface area contributed by atoms with E-state index in [1.54, 1.807) is 41.8 Å². The third kappa shape index (κ3) is 4.65. The molecule has 8 heteroatoms. The van der Waals surface area contributed by atoms with E-state index >= 15 is 0 Å². The van der Waals surface area contributed by atoms with Gasteiger partial charge in [-0.2, -0.15) is 4.31 Å². The first-order valence-corrected chi connectivity index (χ1v) is 10.2. The van der Waals surface area contributed by atoms with E-state index in [4.69, 9.17) is 4.42 Å². The number of halogens is 1. The molecule has 1 aromatic carbocycles. The first-order valence-electron chi connectivity index (χ1n) is 8.74. The molecule has 1 fully saturated rings. The molecule has 2 heterocycles. The lowest BCUT2D eigenvalue weighted by Gasteiger charge is -2.31. The molecule has 1 saturated heterocycles. The van der Waals surface area contributed by atoms with Crippen LogP contribution in [-0.2, 0) is 10.0 Å². The lowest BCUT2D eigenvalue weighted by molar-refractivity contribution is 0.268. The molecule has 26 heavy (non-hydrogen) atoms. The van der Waals surface area contributed by atoms with Crippen molar-refractivity contribution in [3.8, 4) is 11.3 Å². The zero-order valence-corrected chi connectivity index (χ0v) is 16.8. The number of rotatable bonds is 6. The van der Waals surface area contributed by atoms with Crippen LogP contribution in [0.2, 0.25) is 0 Å². The second kappa shape index (κ2) is 8.99. The van der Waals surface area contributed by atoms with E-state index in [2.05, 4.69) is 17.2 Å². The van der Waals surface area contributed by atoms with E-state index in [-0.39, 0.29) is 12.4 Å². The van der Waals surface area contributed by atoms with Crippen molar-refractivity contribution < 1.29 is 12.8 Å². The minimum atomic E-state index is -3.43. The van der Waals surface area contributed by atoms with Gasteiger partial charge in [0, 0.05) is 25.6 Å². The minimum Gasteiger partial charge on any atom is -0.449 e. The van der Waals surface area contributed by atoms with E-state index in [9.17, 15) is 8.42 Å². The molecule has 6 nitrogen and oxygen atoms in total. The molecular weight excluding hydrogens is 374 g/mol. The number of aromatic nitrogens is 1. The summed E-state index contributed by atoms with van der Waals surface area (Å²) in [4.78, 5) is 4.60. The predicted octanol–water partition coefficient (Wildman–Crippen LogP) is 3.08. The SMILES string of the molecule is CCNCC1CCN(S(=O)(=O)c2ccc(-c3coc(C)n3)cc2)CC1.Cl. The van der Waals surface area contributed by atoms with Gasteiger partial charge in [0.15, 0.2) is 5.89 Å². The summed E-state index contributed by atoms with van der Waals surface area (Å²) in [6.45, 7) is 6.96. The number of aryl methyl sites for hydroxylation is 1. The normalized spacial score (nSPS) is 16.4. The van der Waals surface area contributed by atoms with Gasteiger partial charge in [-0.1, -0.05) is 19.1 Å². The minimum absolute atomic E-state index is 0. The summed E-state index contributed by atoms with van der Waals surface area (Å²) in [5.41, 5.74) is 1.56. The maximum atomic E-state index is 12.8. The van der Waals surface area contributed by atoms with E-state index in [0.29, 0.717) is 35.5 Å². The van der Waals surface area contributed by atoms with Crippen molar-refractivity contribution in [1.82, 2.24) is 14.6 Å². The van der Waals surface area contributed by atoms with E-state index in [1.165, 1.54) is 0 Å². The van der Waals surface area contributed by atoms with Gasteiger partial charge in [0.05, 0.1) is 4.90 Å². The third-order valence-electron chi connectivity index (χ3n) is 4.66. The Labute approximate surface area is 161 Å². The van der Waals surface area contributed by atoms with Gasteiger partial charge in [0.1, 0.15) is 12.0 Å². The van der Waals surface area contributed by atoms with Crippen molar-refractivity contribution in [3.05, 3.63) is 36.4 Å². The molecule has 0 atom stereocenters. The summed E-state index contributed by atoms with van der Waals surface area (Å²) in [5.74, 6) is 1.15. The highest BCUT2D eigenvalue weighted by Crippen LogP contribution is 2.26. The molecule has 2 aromatic rings. The molecule has 1 aliphatic rings. The first kappa shape index (κ1) is 20.9. The molecule has 1 aliphatic heterocycles. The molecule has 0 amide bonds. The highest BCUT2D eigenvalue weighted by atomic mass is 35.5. The molecule has 3 rings (SSSR count). The van der Waals surface area contributed by atoms with Gasteiger partial charge >= 0.3 is 0 Å². The van der Waals surface area contributed by atoms with E-state index in [0.717, 1.165) is 31.5 Å². The molecule has 1 N–H and O–H groups in total. The molecule has 0 bridgehead atoms. The number of sulfonamides is 1. The average Bonchev–Trinajstić information content (AvgIpc) is 3.07. The van der Waals surface area contributed by atoms with Crippen LogP contribution in [0.3, 0.4) is 0 Å². The van der Waals surface area contributed by atoms with Crippen molar-refractivity contribution in [2.75, 3.05) is 26.2 Å². The number of nitrogens with zero attached hydrogens (tertiary/aromatic N) is 2. The smallest absolute Gasteiger partial charge is 0.243 e. The number of hydrogen-bond acceptors (Lipinski definition) is 5. The van der Waals surface area contributed by atoms with Crippen LogP contribution in [0.1, 0.15) is 25.7 Å². The number of benzene rings is 1. The Bertz CT molecular complexity index is 797. The second-order valence-corrected chi connectivity index (χ2v) is 8.37. The van der Waals surface area contributed by atoms with Crippen LogP contribution >= 0.6 is 12.4 Å².